The van der Waals surface area contributed by atoms with Crippen molar-refractivity contribution in [2.45, 2.75) is 141 Å². The molecule has 3 saturated carbocycles. The Labute approximate surface area is 367 Å². The predicted molar refractivity (Wildman–Crippen MR) is 225 cm³/mol. The van der Waals surface area contributed by atoms with Gasteiger partial charge in [-0.15, -0.1) is 0 Å². The number of benzene rings is 1. The fourth-order valence-corrected chi connectivity index (χ4v) is 11.5. The van der Waals surface area contributed by atoms with Crippen molar-refractivity contribution in [2.75, 3.05) is 13.3 Å². The molecular formula is C45H58N6O11S. The standard InChI is InChI=1S/C45H58N6O11S/c1-5-28-19-45(28,42(56)49-63(58,59)30-12-13-30)20-36(53)34-17-29(62-43(57)50-22-27-11-14-37-39(31(27)24-50)61-25-60-37)23-51(34)41(55)32(44(2,3)4)18-35(52)38(26-9-7-6-8-10-26)48-40(54)33-21-46-15-16-47-33/h11,14-16,21,26,28-30,32,34,38H,5-10,12-13,17-20,22-25H2,1-4H3,(H,48,54)(H,49,56)/t28-,29+,32+,34?,38-,45-/m0/s1. The maximum absolute atomic E-state index is 15.1. The molecule has 2 N–H and O–H groups in total. The van der Waals surface area contributed by atoms with Crippen LogP contribution in [0.25, 0.3) is 0 Å². The van der Waals surface area contributed by atoms with Crippen molar-refractivity contribution in [3.8, 4) is 11.5 Å². The zero-order valence-corrected chi connectivity index (χ0v) is 37.2. The van der Waals surface area contributed by atoms with E-state index in [0.29, 0.717) is 37.2 Å². The normalized spacial score (nSPS) is 25.2. The van der Waals surface area contributed by atoms with Crippen LogP contribution in [0.3, 0.4) is 0 Å². The molecule has 6 aliphatic rings. The van der Waals surface area contributed by atoms with Crippen LogP contribution in [0.5, 0.6) is 11.5 Å². The van der Waals surface area contributed by atoms with E-state index in [2.05, 4.69) is 20.0 Å². The first-order valence-electron chi connectivity index (χ1n) is 22.3. The van der Waals surface area contributed by atoms with E-state index in [4.69, 9.17) is 14.2 Å². The summed E-state index contributed by atoms with van der Waals surface area (Å²) in [6, 6.07) is 1.64. The minimum absolute atomic E-state index is 0.0536. The highest BCUT2D eigenvalue weighted by molar-refractivity contribution is 7.90. The monoisotopic (exact) mass is 890 g/mol. The summed E-state index contributed by atoms with van der Waals surface area (Å²) >= 11 is 0. The molecule has 6 atom stereocenters. The van der Waals surface area contributed by atoms with Crippen molar-refractivity contribution in [2.24, 2.45) is 28.6 Å². The Morgan fingerprint density at radius 2 is 1.76 bits per heavy atom. The summed E-state index contributed by atoms with van der Waals surface area (Å²) in [5.41, 5.74) is -0.311. The fourth-order valence-electron chi connectivity index (χ4n) is 10.1. The first-order chi connectivity index (χ1) is 30.0. The molecular weight excluding hydrogens is 833 g/mol. The maximum Gasteiger partial charge on any atom is 0.410 e. The second-order valence-corrected chi connectivity index (χ2v) is 21.3. The topological polar surface area (TPSA) is 221 Å². The van der Waals surface area contributed by atoms with Crippen molar-refractivity contribution >= 4 is 45.4 Å². The number of hydrogen-bond acceptors (Lipinski definition) is 13. The lowest BCUT2D eigenvalue weighted by Crippen LogP contribution is -2.51. The van der Waals surface area contributed by atoms with Crippen LogP contribution in [-0.4, -0.2) is 100 Å². The van der Waals surface area contributed by atoms with Gasteiger partial charge in [0.05, 0.1) is 42.0 Å². The van der Waals surface area contributed by atoms with Gasteiger partial charge in [-0.05, 0) is 61.0 Å². The molecule has 0 spiro atoms. The van der Waals surface area contributed by atoms with E-state index < -0.39 is 79.8 Å². The molecule has 1 aromatic carbocycles. The summed E-state index contributed by atoms with van der Waals surface area (Å²) in [7, 11) is -3.89. The van der Waals surface area contributed by atoms with E-state index in [9.17, 15) is 32.4 Å². The van der Waals surface area contributed by atoms with E-state index in [0.717, 1.165) is 43.2 Å². The maximum atomic E-state index is 15.1. The Bertz CT molecular complexity index is 2260. The number of carbonyl (C=O) groups excluding carboxylic acids is 6. The quantitative estimate of drug-likeness (QED) is 0.250. The number of rotatable bonds is 15. The predicted octanol–water partition coefficient (Wildman–Crippen LogP) is 4.61. The summed E-state index contributed by atoms with van der Waals surface area (Å²) in [6.07, 6.45) is 8.06. The van der Waals surface area contributed by atoms with Crippen molar-refractivity contribution in [3.05, 3.63) is 47.5 Å². The van der Waals surface area contributed by atoms with Crippen LogP contribution in [0.2, 0.25) is 0 Å². The highest BCUT2D eigenvalue weighted by atomic mass is 32.2. The Morgan fingerprint density at radius 3 is 2.43 bits per heavy atom. The van der Waals surface area contributed by atoms with Gasteiger partial charge in [0.2, 0.25) is 28.6 Å². The van der Waals surface area contributed by atoms with Crippen molar-refractivity contribution < 1.29 is 51.4 Å². The van der Waals surface area contributed by atoms with Crippen LogP contribution in [0, 0.1) is 28.6 Å². The van der Waals surface area contributed by atoms with E-state index in [-0.39, 0.29) is 69.0 Å². The second-order valence-electron chi connectivity index (χ2n) is 19.4. The second kappa shape index (κ2) is 17.4. The van der Waals surface area contributed by atoms with Gasteiger partial charge < -0.3 is 24.4 Å². The number of hydrogen-bond donors (Lipinski definition) is 2. The molecule has 18 heteroatoms. The zero-order valence-electron chi connectivity index (χ0n) is 36.4. The van der Waals surface area contributed by atoms with E-state index in [1.807, 2.05) is 33.8 Å². The van der Waals surface area contributed by atoms with Crippen LogP contribution < -0.4 is 19.5 Å². The lowest BCUT2D eigenvalue weighted by molar-refractivity contribution is -0.146. The average molecular weight is 891 g/mol. The first kappa shape index (κ1) is 44.5. The van der Waals surface area contributed by atoms with Gasteiger partial charge in [-0.2, -0.15) is 0 Å². The van der Waals surface area contributed by atoms with Crippen LogP contribution in [0.15, 0.2) is 30.7 Å². The number of amides is 4. The molecule has 0 bridgehead atoms. The first-order valence-corrected chi connectivity index (χ1v) is 23.9. The molecule has 3 aliphatic heterocycles. The molecule has 4 amide bonds. The van der Waals surface area contributed by atoms with Gasteiger partial charge in [0.25, 0.3) is 5.91 Å². The molecule has 1 aromatic heterocycles. The van der Waals surface area contributed by atoms with E-state index in [1.165, 1.54) is 28.4 Å². The number of nitrogens with zero attached hydrogens (tertiary/aromatic N) is 4. The molecule has 0 radical (unpaired) electrons. The number of ketones is 2. The highest BCUT2D eigenvalue weighted by Crippen LogP contribution is 2.58. The molecule has 2 aromatic rings. The number of nitrogens with one attached hydrogen (secondary N) is 2. The number of fused-ring (bicyclic) bond motifs is 3. The minimum Gasteiger partial charge on any atom is -0.454 e. The van der Waals surface area contributed by atoms with Gasteiger partial charge in [-0.3, -0.25) is 38.6 Å². The van der Waals surface area contributed by atoms with Gasteiger partial charge in [-0.1, -0.05) is 59.4 Å². The van der Waals surface area contributed by atoms with Gasteiger partial charge in [-0.25, -0.2) is 18.2 Å². The Hall–Kier alpha value is -5.13. The smallest absolute Gasteiger partial charge is 0.410 e. The third kappa shape index (κ3) is 9.27. The van der Waals surface area contributed by atoms with Gasteiger partial charge >= 0.3 is 6.09 Å². The van der Waals surface area contributed by atoms with Crippen LogP contribution in [0.1, 0.15) is 126 Å². The number of aromatic nitrogens is 2. The summed E-state index contributed by atoms with van der Waals surface area (Å²) < 4.78 is 45.3. The SMILES string of the molecule is CC[C@H]1C[C@@]1(CC(=O)C1C[C@@H](OC(=O)N2Cc3ccc4c(c3C2)OCO4)CN1C(=O)[C@@H](CC(=O)[C@@H](NC(=O)c1cnccn1)C1CCCCC1)C(C)(C)C)C(=O)NS(=O)(=O)C1CC1. The largest absolute Gasteiger partial charge is 0.454 e. The molecule has 4 heterocycles. The molecule has 63 heavy (non-hydrogen) atoms. The number of ether oxygens (including phenoxy) is 3. The lowest BCUT2D eigenvalue weighted by atomic mass is 9.74. The van der Waals surface area contributed by atoms with E-state index >= 15 is 4.79 Å². The fraction of sp³-hybridized carbons (Fsp3) is 0.644. The molecule has 17 nitrogen and oxygen atoms in total. The van der Waals surface area contributed by atoms with Crippen molar-refractivity contribution in [1.29, 1.82) is 0 Å². The lowest BCUT2D eigenvalue weighted by Gasteiger charge is -2.36. The van der Waals surface area contributed by atoms with Crippen LogP contribution >= 0.6 is 0 Å². The summed E-state index contributed by atoms with van der Waals surface area (Å²) in [6.45, 7) is 7.81. The van der Waals surface area contributed by atoms with E-state index in [1.54, 1.807) is 6.07 Å². The van der Waals surface area contributed by atoms with Gasteiger partial charge in [0, 0.05) is 49.7 Å². The molecule has 1 saturated heterocycles. The molecule has 1 unspecified atom stereocenters. The van der Waals surface area contributed by atoms with Crippen LogP contribution in [0.4, 0.5) is 4.79 Å². The molecule has 3 aliphatic carbocycles. The Morgan fingerprint density at radius 1 is 1.00 bits per heavy atom. The number of Topliss-reactive ketones (excluding diaryl/α,β-unsaturated/α-hetero) is 2. The van der Waals surface area contributed by atoms with Crippen LogP contribution in [-0.2, 0) is 47.0 Å². The van der Waals surface area contributed by atoms with Crippen molar-refractivity contribution in [3.63, 3.8) is 0 Å². The van der Waals surface area contributed by atoms with Gasteiger partial charge in [0.15, 0.2) is 23.1 Å². The number of sulfonamides is 1. The zero-order chi connectivity index (χ0) is 44.8. The Kier molecular flexibility index (Phi) is 12.3. The third-order valence-electron chi connectivity index (χ3n) is 14.1. The molecule has 8 rings (SSSR count). The summed E-state index contributed by atoms with van der Waals surface area (Å²) in [5.74, 6) is -2.68. The summed E-state index contributed by atoms with van der Waals surface area (Å²) in [4.78, 5) is 96.4. The van der Waals surface area contributed by atoms with Gasteiger partial charge in [0.1, 0.15) is 11.8 Å². The highest BCUT2D eigenvalue weighted by Gasteiger charge is 2.62. The number of carbonyl (C=O) groups is 6. The van der Waals surface area contributed by atoms with Crippen molar-refractivity contribution in [1.82, 2.24) is 29.8 Å². The Balaban J connectivity index is 1.04. The average Bonchev–Trinajstić information content (AvgIpc) is 4.06. The molecule has 4 fully saturated rings. The summed E-state index contributed by atoms with van der Waals surface area (Å²) in [5, 5.41) is 2.29. The molecule has 340 valence electrons. The third-order valence-corrected chi connectivity index (χ3v) is 15.9. The minimum atomic E-state index is -3.89. The number of likely N-dealkylation sites (tertiary alicyclic amines) is 1.